The van der Waals surface area contributed by atoms with Gasteiger partial charge in [-0.2, -0.15) is 0 Å². The zero-order chi connectivity index (χ0) is 13.0. The Labute approximate surface area is 109 Å². The third kappa shape index (κ3) is 1.48. The van der Waals surface area contributed by atoms with Crippen LogP contribution >= 0.6 is 0 Å². The molecular weight excluding hydrogens is 224 g/mol. The Hall–Kier alpha value is -0.900. The molecule has 1 aromatic heterocycles. The number of hydrogen-bond acceptors (Lipinski definition) is 3. The number of nitrogens with zero attached hydrogens (tertiary/aromatic N) is 3. The fraction of sp³-hybridized carbons (Fsp3) is 0.857. The second-order valence-corrected chi connectivity index (χ2v) is 6.90. The fourth-order valence-corrected chi connectivity index (χ4v) is 4.19. The molecular formula is C14H24N4. The average Bonchev–Trinajstić information content (AvgIpc) is 2.87. The maximum atomic E-state index is 4.15. The van der Waals surface area contributed by atoms with Gasteiger partial charge in [0.25, 0.3) is 0 Å². The largest absolute Gasteiger partial charge is 0.320 e. The summed E-state index contributed by atoms with van der Waals surface area (Å²) < 4.78 is 1.99. The Morgan fingerprint density at radius 1 is 1.44 bits per heavy atom. The van der Waals surface area contributed by atoms with Crippen LogP contribution in [0.1, 0.15) is 45.9 Å². The van der Waals surface area contributed by atoms with Crippen molar-refractivity contribution in [1.29, 1.82) is 0 Å². The number of aryl methyl sites for hydroxylation is 1. The van der Waals surface area contributed by atoms with Crippen LogP contribution < -0.4 is 5.32 Å². The minimum atomic E-state index is 0.441. The first kappa shape index (κ1) is 12.2. The van der Waals surface area contributed by atoms with Crippen molar-refractivity contribution in [3.8, 4) is 0 Å². The molecule has 3 unspecified atom stereocenters. The number of aromatic nitrogens is 3. The summed E-state index contributed by atoms with van der Waals surface area (Å²) in [6, 6.07) is 0.628. The lowest BCUT2D eigenvalue weighted by atomic mass is 9.69. The van der Waals surface area contributed by atoms with Crippen LogP contribution in [0.3, 0.4) is 0 Å². The maximum Gasteiger partial charge on any atom is 0.146 e. The van der Waals surface area contributed by atoms with E-state index in [-0.39, 0.29) is 0 Å². The smallest absolute Gasteiger partial charge is 0.146 e. The predicted octanol–water partition coefficient (Wildman–Crippen LogP) is 2.12. The van der Waals surface area contributed by atoms with Crippen molar-refractivity contribution in [1.82, 2.24) is 20.1 Å². The summed E-state index contributed by atoms with van der Waals surface area (Å²) in [5.74, 6) is 1.92. The molecule has 4 nitrogen and oxygen atoms in total. The Morgan fingerprint density at radius 2 is 2.22 bits per heavy atom. The summed E-state index contributed by atoms with van der Waals surface area (Å²) in [5.41, 5.74) is 0.917. The van der Waals surface area contributed by atoms with Crippen molar-refractivity contribution >= 4 is 0 Å². The van der Waals surface area contributed by atoms with Gasteiger partial charge in [0.15, 0.2) is 0 Å². The van der Waals surface area contributed by atoms with Crippen LogP contribution in [0.2, 0.25) is 0 Å². The highest BCUT2D eigenvalue weighted by molar-refractivity contribution is 5.13. The molecule has 3 rings (SSSR count). The number of rotatable bonds is 3. The van der Waals surface area contributed by atoms with Gasteiger partial charge < -0.3 is 9.88 Å². The summed E-state index contributed by atoms with van der Waals surface area (Å²) in [7, 11) is 2.00. The lowest BCUT2D eigenvalue weighted by Crippen LogP contribution is -2.44. The van der Waals surface area contributed by atoms with E-state index in [9.17, 15) is 0 Å². The highest BCUT2D eigenvalue weighted by Gasteiger charge is 2.60. The molecule has 18 heavy (non-hydrogen) atoms. The van der Waals surface area contributed by atoms with Gasteiger partial charge in [0, 0.05) is 13.1 Å². The lowest BCUT2D eigenvalue weighted by Gasteiger charge is -2.39. The van der Waals surface area contributed by atoms with Gasteiger partial charge in [-0.1, -0.05) is 20.8 Å². The highest BCUT2D eigenvalue weighted by atomic mass is 15.3. The zero-order valence-corrected chi connectivity index (χ0v) is 11.9. The lowest BCUT2D eigenvalue weighted by molar-refractivity contribution is 0.120. The average molecular weight is 248 g/mol. The quantitative estimate of drug-likeness (QED) is 0.891. The second-order valence-electron chi connectivity index (χ2n) is 6.90. The van der Waals surface area contributed by atoms with Gasteiger partial charge >= 0.3 is 0 Å². The monoisotopic (exact) mass is 248 g/mol. The van der Waals surface area contributed by atoms with Crippen molar-refractivity contribution in [2.75, 3.05) is 0 Å². The predicted molar refractivity (Wildman–Crippen MR) is 70.9 cm³/mol. The van der Waals surface area contributed by atoms with Crippen LogP contribution in [0.25, 0.3) is 0 Å². The van der Waals surface area contributed by atoms with Crippen molar-refractivity contribution in [2.24, 2.45) is 23.8 Å². The van der Waals surface area contributed by atoms with E-state index in [1.165, 1.54) is 19.3 Å². The maximum absolute atomic E-state index is 4.15. The summed E-state index contributed by atoms with van der Waals surface area (Å²) >= 11 is 0. The van der Waals surface area contributed by atoms with Gasteiger partial charge in [-0.15, -0.1) is 10.2 Å². The molecule has 0 amide bonds. The third-order valence-electron chi connectivity index (χ3n) is 6.11. The topological polar surface area (TPSA) is 42.7 Å². The Balaban J connectivity index is 1.71. The molecule has 0 aliphatic heterocycles. The molecule has 2 saturated carbocycles. The minimum absolute atomic E-state index is 0.441. The number of nitrogens with one attached hydrogen (secondary N) is 1. The van der Waals surface area contributed by atoms with E-state index in [1.54, 1.807) is 6.33 Å². The highest BCUT2D eigenvalue weighted by Crippen LogP contribution is 2.65. The van der Waals surface area contributed by atoms with Gasteiger partial charge in [0.1, 0.15) is 12.2 Å². The number of fused-ring (bicyclic) bond motifs is 2. The number of hydrogen-bond donors (Lipinski definition) is 1. The Bertz CT molecular complexity index is 450. The van der Waals surface area contributed by atoms with Crippen LogP contribution in [0.15, 0.2) is 6.33 Å². The van der Waals surface area contributed by atoms with Gasteiger partial charge in [0.2, 0.25) is 0 Å². The summed E-state index contributed by atoms with van der Waals surface area (Å²) in [6.07, 6.45) is 5.86. The molecule has 3 atom stereocenters. The molecule has 2 bridgehead atoms. The van der Waals surface area contributed by atoms with Crippen molar-refractivity contribution in [3.05, 3.63) is 12.2 Å². The van der Waals surface area contributed by atoms with Crippen molar-refractivity contribution in [2.45, 2.75) is 52.6 Å². The second kappa shape index (κ2) is 3.80. The third-order valence-corrected chi connectivity index (χ3v) is 6.11. The molecule has 1 heterocycles. The summed E-state index contributed by atoms with van der Waals surface area (Å²) in [4.78, 5) is 0. The molecule has 0 saturated heterocycles. The minimum Gasteiger partial charge on any atom is -0.320 e. The van der Waals surface area contributed by atoms with Crippen molar-refractivity contribution < 1.29 is 0 Å². The first-order valence-electron chi connectivity index (χ1n) is 7.01. The van der Waals surface area contributed by atoms with Crippen LogP contribution in [-0.2, 0) is 13.6 Å². The molecule has 4 heteroatoms. The van der Waals surface area contributed by atoms with E-state index in [1.807, 2.05) is 11.6 Å². The molecule has 1 N–H and O–H groups in total. The van der Waals surface area contributed by atoms with Crippen LogP contribution in [0, 0.1) is 16.7 Å². The molecule has 2 fully saturated rings. The van der Waals surface area contributed by atoms with E-state index >= 15 is 0 Å². The Morgan fingerprint density at radius 3 is 2.72 bits per heavy atom. The van der Waals surface area contributed by atoms with E-state index < -0.39 is 0 Å². The van der Waals surface area contributed by atoms with E-state index in [4.69, 9.17) is 0 Å². The molecule has 100 valence electrons. The molecule has 2 aliphatic rings. The van der Waals surface area contributed by atoms with Crippen LogP contribution in [0.4, 0.5) is 0 Å². The van der Waals surface area contributed by atoms with Crippen LogP contribution in [-0.4, -0.2) is 20.8 Å². The molecule has 2 aliphatic carbocycles. The van der Waals surface area contributed by atoms with Gasteiger partial charge in [-0.05, 0) is 36.0 Å². The molecule has 0 radical (unpaired) electrons. The van der Waals surface area contributed by atoms with E-state index in [2.05, 4.69) is 36.3 Å². The summed E-state index contributed by atoms with van der Waals surface area (Å²) in [6.45, 7) is 8.21. The normalized spacial score (nSPS) is 37.3. The fourth-order valence-electron chi connectivity index (χ4n) is 4.19. The molecule has 0 aromatic carbocycles. The zero-order valence-electron chi connectivity index (χ0n) is 11.9. The first-order valence-corrected chi connectivity index (χ1v) is 7.01. The van der Waals surface area contributed by atoms with Gasteiger partial charge in [-0.25, -0.2) is 0 Å². The van der Waals surface area contributed by atoms with Gasteiger partial charge in [-0.3, -0.25) is 0 Å². The standard InChI is InChI=1S/C14H24N4/c1-13(2)10-5-6-14(13,3)11(7-10)15-8-12-17-16-9-18(12)4/h9-11,15H,5-8H2,1-4H3. The Kier molecular flexibility index (Phi) is 2.56. The van der Waals surface area contributed by atoms with Crippen LogP contribution in [0.5, 0.6) is 0 Å². The SMILES string of the molecule is Cn1cnnc1CNC1CC2CCC1(C)C2(C)C. The van der Waals surface area contributed by atoms with E-state index in [0.717, 1.165) is 18.3 Å². The van der Waals surface area contributed by atoms with E-state index in [0.29, 0.717) is 16.9 Å². The summed E-state index contributed by atoms with van der Waals surface area (Å²) in [5, 5.41) is 11.8. The molecule has 1 aromatic rings. The molecule has 0 spiro atoms. The van der Waals surface area contributed by atoms with Gasteiger partial charge in [0.05, 0.1) is 6.54 Å². The first-order chi connectivity index (χ1) is 8.45. The van der Waals surface area contributed by atoms with Crippen molar-refractivity contribution in [3.63, 3.8) is 0 Å².